The molecule has 0 radical (unpaired) electrons. The van der Waals surface area contributed by atoms with Crippen molar-refractivity contribution >= 4 is 11.6 Å². The van der Waals surface area contributed by atoms with Crippen LogP contribution in [0, 0.1) is 17.8 Å². The molecular formula is C29H45N6O3+. The van der Waals surface area contributed by atoms with Crippen LogP contribution >= 0.6 is 0 Å². The van der Waals surface area contributed by atoms with Crippen LogP contribution in [-0.2, 0) is 11.8 Å². The summed E-state index contributed by atoms with van der Waals surface area (Å²) in [6.07, 6.45) is 5.61. The van der Waals surface area contributed by atoms with Crippen molar-refractivity contribution < 1.29 is 19.3 Å². The van der Waals surface area contributed by atoms with E-state index in [4.69, 9.17) is 10.5 Å². The normalized spacial score (nSPS) is 20.9. The number of aliphatic hydroxyl groups excluding tert-OH is 1. The SMILES string of the molecule is CC(C)n1c(C(O)N[C@H](C(=O)Nc2ccc3c(c2)OC[C@H]3NCC(C)(C)N)C(C2CC2)C2CC2)cc[n+]1C. The Morgan fingerprint density at radius 2 is 1.89 bits per heavy atom. The average Bonchev–Trinajstić information content (AvgIpc) is 3.77. The largest absolute Gasteiger partial charge is 0.491 e. The summed E-state index contributed by atoms with van der Waals surface area (Å²) in [6, 6.07) is 7.56. The quantitative estimate of drug-likeness (QED) is 0.215. The number of rotatable bonds is 12. The third kappa shape index (κ3) is 6.06. The van der Waals surface area contributed by atoms with Crippen LogP contribution in [0.5, 0.6) is 5.75 Å². The third-order valence-electron chi connectivity index (χ3n) is 8.04. The lowest BCUT2D eigenvalue weighted by molar-refractivity contribution is -0.756. The van der Waals surface area contributed by atoms with Crippen molar-refractivity contribution in [1.29, 1.82) is 0 Å². The molecule has 1 amide bonds. The molecule has 2 saturated carbocycles. The molecule has 3 aliphatic rings. The molecule has 1 unspecified atom stereocenters. The Labute approximate surface area is 226 Å². The molecule has 9 heteroatoms. The minimum absolute atomic E-state index is 0.0785. The van der Waals surface area contributed by atoms with Gasteiger partial charge in [-0.1, -0.05) is 6.07 Å². The predicted octanol–water partition coefficient (Wildman–Crippen LogP) is 2.68. The second kappa shape index (κ2) is 10.6. The summed E-state index contributed by atoms with van der Waals surface area (Å²) in [4.78, 5) is 13.8. The zero-order valence-electron chi connectivity index (χ0n) is 23.4. The number of hydrogen-bond acceptors (Lipinski definition) is 6. The van der Waals surface area contributed by atoms with Crippen molar-refractivity contribution in [1.82, 2.24) is 15.3 Å². The van der Waals surface area contributed by atoms with Crippen LogP contribution in [0.3, 0.4) is 0 Å². The van der Waals surface area contributed by atoms with Gasteiger partial charge in [0.05, 0.1) is 18.1 Å². The van der Waals surface area contributed by atoms with Crippen molar-refractivity contribution in [3.63, 3.8) is 0 Å². The maximum atomic E-state index is 13.8. The fourth-order valence-electron chi connectivity index (χ4n) is 5.96. The third-order valence-corrected chi connectivity index (χ3v) is 8.04. The summed E-state index contributed by atoms with van der Waals surface area (Å²) in [5.41, 5.74) is 8.37. The highest BCUT2D eigenvalue weighted by Gasteiger charge is 2.48. The molecule has 3 atom stereocenters. The minimum atomic E-state index is -0.948. The van der Waals surface area contributed by atoms with E-state index in [-0.39, 0.29) is 29.4 Å². The van der Waals surface area contributed by atoms with E-state index in [1.165, 1.54) is 0 Å². The van der Waals surface area contributed by atoms with Gasteiger partial charge in [-0.05, 0) is 77.2 Å². The van der Waals surface area contributed by atoms with Gasteiger partial charge in [-0.3, -0.25) is 10.1 Å². The molecule has 0 bridgehead atoms. The average molecular weight is 526 g/mol. The number of amides is 1. The molecule has 5 rings (SSSR count). The Hall–Kier alpha value is -2.46. The highest BCUT2D eigenvalue weighted by molar-refractivity contribution is 5.95. The van der Waals surface area contributed by atoms with E-state index in [1.807, 2.05) is 60.7 Å². The Bertz CT molecular complexity index is 1140. The zero-order valence-corrected chi connectivity index (χ0v) is 23.4. The van der Waals surface area contributed by atoms with Crippen molar-refractivity contribution in [2.45, 2.75) is 83.3 Å². The number of carbonyl (C=O) groups is 1. The van der Waals surface area contributed by atoms with Gasteiger partial charge in [-0.15, -0.1) is 4.68 Å². The molecule has 208 valence electrons. The van der Waals surface area contributed by atoms with Crippen LogP contribution in [0.4, 0.5) is 5.69 Å². The Morgan fingerprint density at radius 3 is 2.50 bits per heavy atom. The highest BCUT2D eigenvalue weighted by Crippen LogP contribution is 2.51. The summed E-state index contributed by atoms with van der Waals surface area (Å²) >= 11 is 0. The van der Waals surface area contributed by atoms with Crippen LogP contribution in [0.25, 0.3) is 0 Å². The maximum absolute atomic E-state index is 13.8. The predicted molar refractivity (Wildman–Crippen MR) is 146 cm³/mol. The van der Waals surface area contributed by atoms with Crippen LogP contribution in [-0.4, -0.2) is 40.4 Å². The fourth-order valence-corrected chi connectivity index (χ4v) is 5.96. The molecule has 1 aromatic carbocycles. The van der Waals surface area contributed by atoms with Gasteiger partial charge in [0.2, 0.25) is 5.91 Å². The lowest BCUT2D eigenvalue weighted by Crippen LogP contribution is -2.50. The Kier molecular flexibility index (Phi) is 7.57. The summed E-state index contributed by atoms with van der Waals surface area (Å²) in [5.74, 6) is 1.97. The molecule has 2 aromatic rings. The van der Waals surface area contributed by atoms with E-state index in [9.17, 15) is 9.90 Å². The van der Waals surface area contributed by atoms with Gasteiger partial charge >= 0.3 is 0 Å². The number of carbonyl (C=O) groups excluding carboxylic acids is 1. The lowest BCUT2D eigenvalue weighted by atomic mass is 9.88. The first-order valence-corrected chi connectivity index (χ1v) is 14.1. The van der Waals surface area contributed by atoms with Gasteiger partial charge < -0.3 is 26.2 Å². The van der Waals surface area contributed by atoms with E-state index < -0.39 is 12.3 Å². The number of aromatic nitrogens is 2. The fraction of sp³-hybridized carbons (Fsp3) is 0.655. The summed E-state index contributed by atoms with van der Waals surface area (Å²) < 4.78 is 9.97. The van der Waals surface area contributed by atoms with Crippen LogP contribution in [0.15, 0.2) is 30.5 Å². The lowest BCUT2D eigenvalue weighted by Gasteiger charge is -2.30. The van der Waals surface area contributed by atoms with E-state index in [2.05, 4.69) is 29.8 Å². The number of ether oxygens (including phenoxy) is 1. The zero-order chi connectivity index (χ0) is 27.2. The standard InChI is InChI=1S/C29H44N6O3/c1-17(2)35-23(12-13-34(35)5)27(36)33-26(25(18-6-7-18)19-8-9-19)28(37)32-20-10-11-21-22(15-38-24(21)14-20)31-16-29(3,4)30/h10-14,17-19,22,25-27,31,33,36H,6-9,15-16,30H2,1-5H3/p+1/t22-,26+,27?/m1/s1. The summed E-state index contributed by atoms with van der Waals surface area (Å²) in [7, 11) is 1.96. The van der Waals surface area contributed by atoms with E-state index in [0.29, 0.717) is 30.7 Å². The number of nitrogens with two attached hydrogens (primary N) is 1. The number of aryl methyl sites for hydroxylation is 1. The first-order chi connectivity index (χ1) is 18.0. The van der Waals surface area contributed by atoms with E-state index in [1.54, 1.807) is 0 Å². The van der Waals surface area contributed by atoms with Crippen molar-refractivity contribution in [3.05, 3.63) is 41.7 Å². The molecule has 2 fully saturated rings. The molecule has 1 aliphatic heterocycles. The molecule has 6 N–H and O–H groups in total. The number of fused-ring (bicyclic) bond motifs is 1. The first-order valence-electron chi connectivity index (χ1n) is 14.1. The highest BCUT2D eigenvalue weighted by atomic mass is 16.5. The smallest absolute Gasteiger partial charge is 0.241 e. The number of hydrogen-bond donors (Lipinski definition) is 5. The molecule has 2 aliphatic carbocycles. The van der Waals surface area contributed by atoms with Gasteiger partial charge in [0.1, 0.15) is 18.1 Å². The van der Waals surface area contributed by atoms with E-state index in [0.717, 1.165) is 42.7 Å². The van der Waals surface area contributed by atoms with Crippen LogP contribution in [0.2, 0.25) is 0 Å². The minimum Gasteiger partial charge on any atom is -0.491 e. The van der Waals surface area contributed by atoms with Gasteiger partial charge in [0, 0.05) is 35.5 Å². The summed E-state index contributed by atoms with van der Waals surface area (Å²) in [5, 5.41) is 21.3. The van der Waals surface area contributed by atoms with Gasteiger partial charge in [-0.25, -0.2) is 0 Å². The van der Waals surface area contributed by atoms with Gasteiger partial charge in [0.25, 0.3) is 0 Å². The molecule has 38 heavy (non-hydrogen) atoms. The summed E-state index contributed by atoms with van der Waals surface area (Å²) in [6.45, 7) is 9.38. The topological polar surface area (TPSA) is 117 Å². The maximum Gasteiger partial charge on any atom is 0.241 e. The second-order valence-electron chi connectivity index (χ2n) is 12.5. The van der Waals surface area contributed by atoms with Crippen LogP contribution in [0.1, 0.15) is 82.9 Å². The number of benzene rings is 1. The van der Waals surface area contributed by atoms with Crippen molar-refractivity contribution in [3.8, 4) is 5.75 Å². The Balaban J connectivity index is 1.33. The monoisotopic (exact) mass is 525 g/mol. The van der Waals surface area contributed by atoms with Gasteiger partial charge in [-0.2, -0.15) is 4.68 Å². The van der Waals surface area contributed by atoms with Crippen LogP contribution < -0.4 is 31.1 Å². The molecule has 2 heterocycles. The number of nitrogens with zero attached hydrogens (tertiary/aromatic N) is 2. The van der Waals surface area contributed by atoms with Gasteiger partial charge in [0.15, 0.2) is 19.5 Å². The number of nitrogens with one attached hydrogen (secondary N) is 3. The number of aliphatic hydroxyl groups is 1. The second-order valence-corrected chi connectivity index (χ2v) is 12.5. The molecule has 0 saturated heterocycles. The first kappa shape index (κ1) is 27.1. The van der Waals surface area contributed by atoms with E-state index >= 15 is 0 Å². The molecule has 1 aromatic heterocycles. The molecule has 9 nitrogen and oxygen atoms in total. The Morgan fingerprint density at radius 1 is 1.21 bits per heavy atom. The molecular weight excluding hydrogens is 480 g/mol. The number of anilines is 1. The molecule has 0 spiro atoms. The van der Waals surface area contributed by atoms with Crippen molar-refractivity contribution in [2.24, 2.45) is 30.5 Å². The van der Waals surface area contributed by atoms with Crippen molar-refractivity contribution in [2.75, 3.05) is 18.5 Å².